The number of carbonyl (C=O) groups is 1. The van der Waals surface area contributed by atoms with Gasteiger partial charge >= 0.3 is 0 Å². The van der Waals surface area contributed by atoms with E-state index >= 15 is 0 Å². The lowest BCUT2D eigenvalue weighted by Crippen LogP contribution is -2.72. The van der Waals surface area contributed by atoms with E-state index < -0.39 is 11.0 Å². The molecule has 30 heavy (non-hydrogen) atoms. The van der Waals surface area contributed by atoms with Crippen molar-refractivity contribution in [2.45, 2.75) is 32.0 Å². The van der Waals surface area contributed by atoms with Crippen molar-refractivity contribution >= 4 is 28.5 Å². The van der Waals surface area contributed by atoms with Gasteiger partial charge in [0.05, 0.1) is 51.0 Å². The number of hydrogen-bond donors (Lipinski definition) is 0. The number of pyridine rings is 1. The summed E-state index contributed by atoms with van der Waals surface area (Å²) in [5.41, 5.74) is 5.57. The molecule has 0 radical (unpaired) electrons. The molecule has 0 aliphatic carbocycles. The van der Waals surface area contributed by atoms with Crippen molar-refractivity contribution in [3.8, 4) is 0 Å². The Morgan fingerprint density at radius 3 is 2.60 bits per heavy atom. The van der Waals surface area contributed by atoms with Gasteiger partial charge in [-0.2, -0.15) is 0 Å². The van der Waals surface area contributed by atoms with Gasteiger partial charge in [-0.15, -0.1) is 22.7 Å². The number of rotatable bonds is 4. The summed E-state index contributed by atoms with van der Waals surface area (Å²) in [7, 11) is 2.13. The van der Waals surface area contributed by atoms with Crippen LogP contribution in [0.2, 0.25) is 0 Å². The van der Waals surface area contributed by atoms with Crippen molar-refractivity contribution in [2.75, 3.05) is 20.1 Å². The standard InChI is InChI=1S/C22H25N5OS2/c1-21-12-27(8-15-6-4-5-7-23-15)9-16(20(21)28)19(17-10-29-13-24-17)26(3)22(21,2)18-11-30-14-25-18/h4-7,10-11,13-14,16,19H,8-9,12H2,1-3H3. The molecule has 8 heteroatoms. The van der Waals surface area contributed by atoms with Crippen molar-refractivity contribution in [3.05, 3.63) is 63.3 Å². The Morgan fingerprint density at radius 2 is 1.93 bits per heavy atom. The van der Waals surface area contributed by atoms with Crippen LogP contribution >= 0.6 is 22.7 Å². The van der Waals surface area contributed by atoms with Gasteiger partial charge in [0.1, 0.15) is 5.78 Å². The number of thiazole rings is 2. The Hall–Kier alpha value is -2.00. The van der Waals surface area contributed by atoms with Crippen LogP contribution in [0, 0.1) is 11.3 Å². The summed E-state index contributed by atoms with van der Waals surface area (Å²) in [6.07, 6.45) is 1.83. The highest BCUT2D eigenvalue weighted by molar-refractivity contribution is 7.07. The van der Waals surface area contributed by atoms with Crippen LogP contribution < -0.4 is 0 Å². The van der Waals surface area contributed by atoms with E-state index in [0.717, 1.165) is 23.6 Å². The number of aromatic nitrogens is 3. The van der Waals surface area contributed by atoms with Crippen LogP contribution in [-0.4, -0.2) is 50.7 Å². The van der Waals surface area contributed by atoms with Crippen molar-refractivity contribution in [2.24, 2.45) is 11.3 Å². The van der Waals surface area contributed by atoms with Gasteiger partial charge in [-0.05, 0) is 33.0 Å². The Balaban J connectivity index is 1.62. The fourth-order valence-corrected chi connectivity index (χ4v) is 6.70. The predicted molar refractivity (Wildman–Crippen MR) is 118 cm³/mol. The van der Waals surface area contributed by atoms with Crippen molar-refractivity contribution in [3.63, 3.8) is 0 Å². The number of Topliss-reactive ketones (excluding diaryl/α,β-unsaturated/α-hetero) is 1. The summed E-state index contributed by atoms with van der Waals surface area (Å²) in [5, 5.41) is 4.17. The lowest BCUT2D eigenvalue weighted by Gasteiger charge is -2.62. The van der Waals surface area contributed by atoms with Crippen LogP contribution in [0.4, 0.5) is 0 Å². The molecular formula is C22H25N5OS2. The number of nitrogens with zero attached hydrogens (tertiary/aromatic N) is 5. The summed E-state index contributed by atoms with van der Waals surface area (Å²) in [4.78, 5) is 32.6. The minimum Gasteiger partial charge on any atom is -0.299 e. The van der Waals surface area contributed by atoms with E-state index in [1.807, 2.05) is 29.4 Å². The molecule has 156 valence electrons. The van der Waals surface area contributed by atoms with Gasteiger partial charge in [0.15, 0.2) is 0 Å². The molecule has 2 saturated heterocycles. The van der Waals surface area contributed by atoms with Crippen LogP contribution in [0.5, 0.6) is 0 Å². The average Bonchev–Trinajstić information content (AvgIpc) is 3.45. The van der Waals surface area contributed by atoms with Crippen LogP contribution in [-0.2, 0) is 16.9 Å². The Kier molecular flexibility index (Phi) is 4.85. The second kappa shape index (κ2) is 7.30. The van der Waals surface area contributed by atoms with Gasteiger partial charge in [0, 0.05) is 36.6 Å². The molecule has 5 rings (SSSR count). The van der Waals surface area contributed by atoms with E-state index in [-0.39, 0.29) is 12.0 Å². The van der Waals surface area contributed by atoms with Crippen molar-refractivity contribution < 1.29 is 4.79 Å². The van der Waals surface area contributed by atoms with Crippen LogP contribution in [0.25, 0.3) is 0 Å². The number of likely N-dealkylation sites (tertiary alicyclic amines) is 2. The number of hydrogen-bond acceptors (Lipinski definition) is 8. The number of fused-ring (bicyclic) bond motifs is 2. The van der Waals surface area contributed by atoms with Gasteiger partial charge < -0.3 is 0 Å². The minimum atomic E-state index is -0.583. The first-order valence-corrected chi connectivity index (χ1v) is 12.0. The highest BCUT2D eigenvalue weighted by Crippen LogP contribution is 2.57. The Bertz CT molecular complexity index is 1030. The third-order valence-electron chi connectivity index (χ3n) is 7.25. The maximum atomic E-state index is 14.0. The van der Waals surface area contributed by atoms with Crippen LogP contribution in [0.3, 0.4) is 0 Å². The van der Waals surface area contributed by atoms with E-state index in [4.69, 9.17) is 0 Å². The van der Waals surface area contributed by atoms with Crippen LogP contribution in [0.15, 0.2) is 46.2 Å². The Labute approximate surface area is 184 Å². The largest absolute Gasteiger partial charge is 0.299 e. The number of carbonyl (C=O) groups excluding carboxylic acids is 1. The number of piperidine rings is 2. The first-order chi connectivity index (χ1) is 14.4. The molecule has 0 spiro atoms. The van der Waals surface area contributed by atoms with Gasteiger partial charge in [0.25, 0.3) is 0 Å². The molecule has 4 unspecified atom stereocenters. The average molecular weight is 440 g/mol. The maximum absolute atomic E-state index is 14.0. The summed E-state index contributed by atoms with van der Waals surface area (Å²) in [6.45, 7) is 6.44. The molecule has 0 saturated carbocycles. The topological polar surface area (TPSA) is 62.2 Å². The molecule has 5 heterocycles. The third-order valence-corrected chi connectivity index (χ3v) is 8.44. The summed E-state index contributed by atoms with van der Waals surface area (Å²) < 4.78 is 0. The molecule has 2 aliphatic heterocycles. The molecule has 0 aromatic carbocycles. The zero-order valence-corrected chi connectivity index (χ0v) is 19.0. The minimum absolute atomic E-state index is 0.0740. The summed E-state index contributed by atoms with van der Waals surface area (Å²) >= 11 is 3.16. The highest BCUT2D eigenvalue weighted by Gasteiger charge is 2.65. The number of ketones is 1. The maximum Gasteiger partial charge on any atom is 0.148 e. The van der Waals surface area contributed by atoms with E-state index in [2.05, 4.69) is 62.5 Å². The second-order valence-electron chi connectivity index (χ2n) is 8.71. The monoisotopic (exact) mass is 439 g/mol. The molecule has 4 atom stereocenters. The molecular weight excluding hydrogens is 414 g/mol. The zero-order valence-electron chi connectivity index (χ0n) is 17.4. The molecule has 0 amide bonds. The fourth-order valence-electron chi connectivity index (χ4n) is 5.46. The van der Waals surface area contributed by atoms with Crippen LogP contribution in [0.1, 0.15) is 37.0 Å². The van der Waals surface area contributed by atoms with Crippen molar-refractivity contribution in [1.82, 2.24) is 24.8 Å². The van der Waals surface area contributed by atoms with Gasteiger partial charge in [0.2, 0.25) is 0 Å². The molecule has 0 N–H and O–H groups in total. The molecule has 3 aromatic heterocycles. The lowest BCUT2D eigenvalue weighted by molar-refractivity contribution is -0.178. The van der Waals surface area contributed by atoms with Gasteiger partial charge in [-0.25, -0.2) is 9.97 Å². The highest BCUT2D eigenvalue weighted by atomic mass is 32.1. The molecule has 6 nitrogen and oxygen atoms in total. The van der Waals surface area contributed by atoms with Gasteiger partial charge in [-0.1, -0.05) is 6.07 Å². The SMILES string of the molecule is CN1C(c2cscn2)C2CN(Cc3ccccn3)CC(C)(C2=O)C1(C)c1cscn1. The summed E-state index contributed by atoms with van der Waals surface area (Å²) in [5.74, 6) is 0.192. The van der Waals surface area contributed by atoms with E-state index in [1.165, 1.54) is 0 Å². The first-order valence-electron chi connectivity index (χ1n) is 10.1. The van der Waals surface area contributed by atoms with E-state index in [1.54, 1.807) is 22.7 Å². The predicted octanol–water partition coefficient (Wildman–Crippen LogP) is 3.60. The lowest BCUT2D eigenvalue weighted by atomic mass is 9.56. The normalized spacial score (nSPS) is 32.4. The van der Waals surface area contributed by atoms with Crippen molar-refractivity contribution in [1.29, 1.82) is 0 Å². The second-order valence-corrected chi connectivity index (χ2v) is 10.1. The fraction of sp³-hybridized carbons (Fsp3) is 0.455. The molecule has 3 aromatic rings. The molecule has 2 fully saturated rings. The quantitative estimate of drug-likeness (QED) is 0.619. The molecule has 2 aliphatic rings. The summed E-state index contributed by atoms with van der Waals surface area (Å²) in [6, 6.07) is 5.94. The third kappa shape index (κ3) is 2.81. The Morgan fingerprint density at radius 1 is 1.13 bits per heavy atom. The molecule has 2 bridgehead atoms. The first kappa shape index (κ1) is 19.9. The van der Waals surface area contributed by atoms with E-state index in [0.29, 0.717) is 18.9 Å². The van der Waals surface area contributed by atoms with Gasteiger partial charge in [-0.3, -0.25) is 19.6 Å². The van der Waals surface area contributed by atoms with E-state index in [9.17, 15) is 4.79 Å². The smallest absolute Gasteiger partial charge is 0.148 e. The zero-order chi connectivity index (χ0) is 20.9.